The van der Waals surface area contributed by atoms with Crippen molar-refractivity contribution in [2.24, 2.45) is 9.98 Å². The first-order valence-corrected chi connectivity index (χ1v) is 22.3. The SMILES string of the molecule is CC(=Nc1c(C(C)C)cccc1C(C)C)c1cccc(C(C)=Nc2c(C(C)C)cccc2C(C)C)n1.C[B-](c1c(F)c(F)c(F)c(F)c1F)(c1c(F)c(F)c(F)c(F)c1F)c1c(F)c(F)c(F)c(F)c1F.N#N.[Co]. The van der Waals surface area contributed by atoms with Gasteiger partial charge in [0.2, 0.25) is 0 Å². The van der Waals surface area contributed by atoms with Crippen LogP contribution in [0.25, 0.3) is 0 Å². The maximum Gasteiger partial charge on any atom is 0.200 e. The molecule has 74 heavy (non-hydrogen) atoms. The molecular formula is C52H46BCoF15N5-. The molecule has 0 atom stereocenters. The molecule has 0 aliphatic carbocycles. The number of rotatable bonds is 11. The minimum absolute atomic E-state index is 0. The number of aromatic nitrogens is 1. The van der Waals surface area contributed by atoms with Crippen LogP contribution in [0, 0.1) is 98.0 Å². The molecule has 0 bridgehead atoms. The Morgan fingerprint density at radius 3 is 0.770 bits per heavy atom. The molecule has 6 aromatic rings. The predicted molar refractivity (Wildman–Crippen MR) is 250 cm³/mol. The van der Waals surface area contributed by atoms with E-state index >= 15 is 0 Å². The van der Waals surface area contributed by atoms with E-state index in [1.54, 1.807) is 0 Å². The van der Waals surface area contributed by atoms with Gasteiger partial charge in [-0.3, -0.25) is 9.98 Å². The van der Waals surface area contributed by atoms with Crippen LogP contribution in [-0.2, 0) is 16.8 Å². The van der Waals surface area contributed by atoms with Crippen molar-refractivity contribution in [2.75, 3.05) is 0 Å². The fraction of sp³-hybridized carbons (Fsp3) is 0.288. The van der Waals surface area contributed by atoms with E-state index in [0.29, 0.717) is 23.7 Å². The third-order valence-corrected chi connectivity index (χ3v) is 12.2. The van der Waals surface area contributed by atoms with Crippen molar-refractivity contribution in [3.8, 4) is 0 Å². The maximum atomic E-state index is 14.6. The number of hydrogen-bond acceptors (Lipinski definition) is 5. The molecule has 0 amide bonds. The monoisotopic (exact) mass is 1100 g/mol. The van der Waals surface area contributed by atoms with Gasteiger partial charge in [0.1, 0.15) is 41.0 Å². The van der Waals surface area contributed by atoms with Gasteiger partial charge in [-0.2, -0.15) is 6.82 Å². The van der Waals surface area contributed by atoms with Crippen molar-refractivity contribution < 1.29 is 82.6 Å². The van der Waals surface area contributed by atoms with Crippen LogP contribution in [0.4, 0.5) is 77.2 Å². The van der Waals surface area contributed by atoms with Gasteiger partial charge in [-0.1, -0.05) is 97.9 Å². The van der Waals surface area contributed by atoms with Crippen LogP contribution in [0.5, 0.6) is 0 Å². The van der Waals surface area contributed by atoms with Crippen molar-refractivity contribution >= 4 is 45.3 Å². The molecule has 22 heteroatoms. The number of nitrogens with zero attached hydrogens (tertiary/aromatic N) is 5. The van der Waals surface area contributed by atoms with E-state index in [-0.39, 0.29) is 23.6 Å². The van der Waals surface area contributed by atoms with Gasteiger partial charge in [-0.05, 0) is 71.9 Å². The standard InChI is InChI=1S/C33H43N3.C19H3BF15.Co.N2/c1-20(2)26-14-11-15-27(21(3)4)32(26)34-24(9)30-18-13-19-31(36-30)25(10)35-33-28(22(5)6)16-12-17-29(33)23(7)8;1-20(2-5(21)11(27)17(33)12(28)6(2)22,3-7(23)13(29)18(34)14(30)8(3)24)4-9(25)15(31)19(35)16(32)10(4)26;;1-2/h11-23H,1-10H3;1H3;;/q;-1;;. The molecule has 5 aromatic carbocycles. The Labute approximate surface area is 427 Å². The summed E-state index contributed by atoms with van der Waals surface area (Å²) >= 11 is 0. The number of para-hydroxylation sites is 2. The Balaban J connectivity index is 0.000000373. The first-order valence-electron chi connectivity index (χ1n) is 22.3. The fourth-order valence-corrected chi connectivity index (χ4v) is 8.39. The molecule has 0 saturated heterocycles. The summed E-state index contributed by atoms with van der Waals surface area (Å²) in [4.78, 5) is 15.3. The molecule has 5 nitrogen and oxygen atoms in total. The normalized spacial score (nSPS) is 12.0. The molecule has 0 aliphatic rings. The molecule has 0 N–H and O–H groups in total. The van der Waals surface area contributed by atoms with E-state index in [1.165, 1.54) is 22.3 Å². The van der Waals surface area contributed by atoms with Crippen LogP contribution in [0.1, 0.15) is 127 Å². The van der Waals surface area contributed by atoms with Gasteiger partial charge >= 0.3 is 0 Å². The molecule has 1 aromatic heterocycles. The van der Waals surface area contributed by atoms with Crippen molar-refractivity contribution in [3.63, 3.8) is 0 Å². The average Bonchev–Trinajstić information content (AvgIpc) is 3.35. The zero-order chi connectivity index (χ0) is 55.5. The molecule has 6 rings (SSSR count). The molecule has 1 heterocycles. The van der Waals surface area contributed by atoms with Crippen molar-refractivity contribution in [1.82, 2.24) is 4.98 Å². The Morgan fingerprint density at radius 1 is 0.378 bits per heavy atom. The van der Waals surface area contributed by atoms with Crippen LogP contribution >= 0.6 is 0 Å². The maximum absolute atomic E-state index is 14.6. The summed E-state index contributed by atoms with van der Waals surface area (Å²) in [6.07, 6.45) is -5.41. The second kappa shape index (κ2) is 24.7. The van der Waals surface area contributed by atoms with Crippen molar-refractivity contribution in [1.29, 1.82) is 10.8 Å². The molecule has 0 saturated carbocycles. The van der Waals surface area contributed by atoms with E-state index in [1.807, 2.05) is 12.1 Å². The molecule has 397 valence electrons. The first-order chi connectivity index (χ1) is 34.0. The molecule has 0 spiro atoms. The summed E-state index contributed by atoms with van der Waals surface area (Å²) in [5.41, 5.74) is 3.01. The minimum Gasteiger partial charge on any atom is -0.251 e. The van der Waals surface area contributed by atoms with Gasteiger partial charge < -0.3 is 0 Å². The van der Waals surface area contributed by atoms with E-state index in [0.717, 1.165) is 34.2 Å². The summed E-state index contributed by atoms with van der Waals surface area (Å²) in [7, 11) is 0. The van der Waals surface area contributed by atoms with Crippen molar-refractivity contribution in [3.05, 3.63) is 175 Å². The Hall–Kier alpha value is -6.47. The molecule has 0 unspecified atom stereocenters. The molecule has 0 fully saturated rings. The van der Waals surface area contributed by atoms with Crippen molar-refractivity contribution in [2.45, 2.75) is 99.7 Å². The summed E-state index contributed by atoms with van der Waals surface area (Å²) < 4.78 is 212. The van der Waals surface area contributed by atoms with Crippen LogP contribution in [0.15, 0.2) is 64.6 Å². The van der Waals surface area contributed by atoms with Crippen LogP contribution in [0.3, 0.4) is 0 Å². The van der Waals surface area contributed by atoms with Gasteiger partial charge in [0.25, 0.3) is 0 Å². The Kier molecular flexibility index (Phi) is 20.6. The smallest absolute Gasteiger partial charge is 0.200 e. The Morgan fingerprint density at radius 2 is 0.568 bits per heavy atom. The quantitative estimate of drug-likeness (QED) is 0.0323. The van der Waals surface area contributed by atoms with Gasteiger partial charge in [0, 0.05) is 27.6 Å². The van der Waals surface area contributed by atoms with Gasteiger partial charge in [-0.15, -0.1) is 16.4 Å². The van der Waals surface area contributed by atoms with E-state index in [2.05, 4.69) is 112 Å². The summed E-state index contributed by atoms with van der Waals surface area (Å²) in [5.74, 6) is -43.5. The van der Waals surface area contributed by atoms with Gasteiger partial charge in [0.15, 0.2) is 52.4 Å². The van der Waals surface area contributed by atoms with E-state index < -0.39 is 110 Å². The summed E-state index contributed by atoms with van der Waals surface area (Å²) in [6.45, 7) is 21.7. The molecule has 0 aliphatic heterocycles. The average molecular weight is 1100 g/mol. The van der Waals surface area contributed by atoms with E-state index in [9.17, 15) is 65.9 Å². The zero-order valence-electron chi connectivity index (χ0n) is 41.3. The molecular weight excluding hydrogens is 1050 g/mol. The third kappa shape index (κ3) is 11.6. The van der Waals surface area contributed by atoms with Crippen LogP contribution in [-0.4, -0.2) is 22.6 Å². The Bertz CT molecular complexity index is 2770. The number of benzene rings is 5. The number of pyridine rings is 1. The first kappa shape index (κ1) is 61.8. The largest absolute Gasteiger partial charge is 0.251 e. The zero-order valence-corrected chi connectivity index (χ0v) is 42.4. The summed E-state index contributed by atoms with van der Waals surface area (Å²) in [6, 6.07) is 19.2. The van der Waals surface area contributed by atoms with Gasteiger partial charge in [0.05, 0.1) is 34.2 Å². The third-order valence-electron chi connectivity index (χ3n) is 12.2. The fourth-order valence-electron chi connectivity index (χ4n) is 8.39. The second-order valence-corrected chi connectivity index (χ2v) is 18.2. The number of halogens is 15. The van der Waals surface area contributed by atoms with E-state index in [4.69, 9.17) is 25.8 Å². The topological polar surface area (TPSA) is 85.2 Å². The van der Waals surface area contributed by atoms with Crippen LogP contribution < -0.4 is 16.4 Å². The van der Waals surface area contributed by atoms with Crippen LogP contribution in [0.2, 0.25) is 6.82 Å². The summed E-state index contributed by atoms with van der Waals surface area (Å²) in [5, 5.41) is 12.0. The number of hydrogen-bond donors (Lipinski definition) is 0. The minimum atomic E-state index is -5.41. The van der Waals surface area contributed by atoms with Gasteiger partial charge in [-0.25, -0.2) is 70.8 Å². The number of aliphatic imine (C=N–C) groups is 2. The predicted octanol–water partition coefficient (Wildman–Crippen LogP) is 14.8. The molecule has 1 radical (unpaired) electrons. The second-order valence-electron chi connectivity index (χ2n) is 18.2.